The highest BCUT2D eigenvalue weighted by molar-refractivity contribution is 7.99. The number of hydrogen-bond acceptors (Lipinski definition) is 2. The molecule has 0 radical (unpaired) electrons. The summed E-state index contributed by atoms with van der Waals surface area (Å²) in [6, 6.07) is 0.716. The number of nitrogens with one attached hydrogen (secondary N) is 1. The number of hydrogen-bond donors (Lipinski definition) is 1. The highest BCUT2D eigenvalue weighted by Gasteiger charge is 1.99. The molecule has 0 spiro atoms. The van der Waals surface area contributed by atoms with Crippen molar-refractivity contribution in [2.75, 3.05) is 18.1 Å². The van der Waals surface area contributed by atoms with Crippen LogP contribution in [0.2, 0.25) is 0 Å². The standard InChI is InChI=1S/C13H29NS/c1-4-6-7-8-10-13(3)14-11-9-12-15-5-2/h13-14H,4-12H2,1-3H3. The van der Waals surface area contributed by atoms with E-state index in [1.54, 1.807) is 0 Å². The van der Waals surface area contributed by atoms with Crippen molar-refractivity contribution in [2.24, 2.45) is 0 Å². The molecule has 1 N–H and O–H groups in total. The Kier molecular flexibility index (Phi) is 12.6. The van der Waals surface area contributed by atoms with E-state index < -0.39 is 0 Å². The van der Waals surface area contributed by atoms with Crippen molar-refractivity contribution in [3.8, 4) is 0 Å². The largest absolute Gasteiger partial charge is 0.314 e. The molecule has 0 aliphatic rings. The summed E-state index contributed by atoms with van der Waals surface area (Å²) in [5.41, 5.74) is 0. The first kappa shape index (κ1) is 15.3. The van der Waals surface area contributed by atoms with Gasteiger partial charge in [0.15, 0.2) is 0 Å². The molecule has 0 amide bonds. The van der Waals surface area contributed by atoms with Gasteiger partial charge in [-0.15, -0.1) is 0 Å². The molecule has 0 rings (SSSR count). The van der Waals surface area contributed by atoms with E-state index in [9.17, 15) is 0 Å². The first-order chi connectivity index (χ1) is 7.31. The van der Waals surface area contributed by atoms with Crippen LogP contribution in [0.5, 0.6) is 0 Å². The minimum absolute atomic E-state index is 0.716. The van der Waals surface area contributed by atoms with Gasteiger partial charge in [-0.05, 0) is 37.8 Å². The van der Waals surface area contributed by atoms with Gasteiger partial charge in [0.1, 0.15) is 0 Å². The maximum Gasteiger partial charge on any atom is 0.00387 e. The van der Waals surface area contributed by atoms with Crippen molar-refractivity contribution < 1.29 is 0 Å². The van der Waals surface area contributed by atoms with E-state index in [-0.39, 0.29) is 0 Å². The summed E-state index contributed by atoms with van der Waals surface area (Å²) in [7, 11) is 0. The second-order valence-corrected chi connectivity index (χ2v) is 5.65. The molecule has 0 heterocycles. The van der Waals surface area contributed by atoms with E-state index >= 15 is 0 Å². The fourth-order valence-corrected chi connectivity index (χ4v) is 2.28. The maximum absolute atomic E-state index is 3.61. The van der Waals surface area contributed by atoms with Crippen LogP contribution >= 0.6 is 11.8 Å². The summed E-state index contributed by atoms with van der Waals surface area (Å²) < 4.78 is 0. The van der Waals surface area contributed by atoms with Gasteiger partial charge in [-0.3, -0.25) is 0 Å². The molecule has 0 saturated heterocycles. The number of thioether (sulfide) groups is 1. The van der Waals surface area contributed by atoms with Crippen LogP contribution in [0.4, 0.5) is 0 Å². The van der Waals surface area contributed by atoms with Gasteiger partial charge in [0.25, 0.3) is 0 Å². The zero-order valence-electron chi connectivity index (χ0n) is 10.8. The van der Waals surface area contributed by atoms with Crippen LogP contribution in [0.15, 0.2) is 0 Å². The van der Waals surface area contributed by atoms with Gasteiger partial charge in [0.05, 0.1) is 0 Å². The van der Waals surface area contributed by atoms with E-state index in [2.05, 4.69) is 26.1 Å². The van der Waals surface area contributed by atoms with Crippen molar-refractivity contribution in [2.45, 2.75) is 65.3 Å². The molecule has 1 unspecified atom stereocenters. The fraction of sp³-hybridized carbons (Fsp3) is 1.00. The zero-order valence-corrected chi connectivity index (χ0v) is 11.7. The Morgan fingerprint density at radius 3 is 2.53 bits per heavy atom. The van der Waals surface area contributed by atoms with E-state index in [4.69, 9.17) is 0 Å². The number of unbranched alkanes of at least 4 members (excludes halogenated alkanes) is 3. The van der Waals surface area contributed by atoms with Gasteiger partial charge < -0.3 is 5.32 Å². The van der Waals surface area contributed by atoms with Crippen LogP contribution in [0.3, 0.4) is 0 Å². The average Bonchev–Trinajstić information content (AvgIpc) is 2.24. The molecule has 1 atom stereocenters. The summed E-state index contributed by atoms with van der Waals surface area (Å²) in [5.74, 6) is 2.57. The molecule has 0 aromatic carbocycles. The molecule has 92 valence electrons. The smallest absolute Gasteiger partial charge is 0.00387 e. The molecule has 0 aliphatic carbocycles. The van der Waals surface area contributed by atoms with Crippen LogP contribution in [-0.2, 0) is 0 Å². The molecular formula is C13H29NS. The average molecular weight is 231 g/mol. The van der Waals surface area contributed by atoms with Gasteiger partial charge in [0, 0.05) is 6.04 Å². The minimum atomic E-state index is 0.716. The van der Waals surface area contributed by atoms with Crippen molar-refractivity contribution >= 4 is 11.8 Å². The highest BCUT2D eigenvalue weighted by Crippen LogP contribution is 2.05. The molecule has 0 aromatic heterocycles. The van der Waals surface area contributed by atoms with E-state index in [1.165, 1.54) is 56.6 Å². The third kappa shape index (κ3) is 12.2. The summed E-state index contributed by atoms with van der Waals surface area (Å²) in [5, 5.41) is 3.61. The quantitative estimate of drug-likeness (QED) is 0.538. The Bertz CT molecular complexity index is 117. The third-order valence-electron chi connectivity index (χ3n) is 2.65. The van der Waals surface area contributed by atoms with Crippen molar-refractivity contribution in [1.29, 1.82) is 0 Å². The van der Waals surface area contributed by atoms with E-state index in [0.29, 0.717) is 6.04 Å². The predicted molar refractivity (Wildman–Crippen MR) is 73.8 cm³/mol. The molecular weight excluding hydrogens is 202 g/mol. The lowest BCUT2D eigenvalue weighted by atomic mass is 10.1. The first-order valence-corrected chi connectivity index (χ1v) is 7.77. The third-order valence-corrected chi connectivity index (χ3v) is 3.64. The molecule has 0 aliphatic heterocycles. The van der Waals surface area contributed by atoms with Crippen LogP contribution in [-0.4, -0.2) is 24.1 Å². The molecule has 1 nitrogen and oxygen atoms in total. The van der Waals surface area contributed by atoms with E-state index in [0.717, 1.165) is 0 Å². The summed E-state index contributed by atoms with van der Waals surface area (Å²) in [6.45, 7) is 8.02. The lowest BCUT2D eigenvalue weighted by molar-refractivity contribution is 0.484. The van der Waals surface area contributed by atoms with Crippen LogP contribution in [0.1, 0.15) is 59.3 Å². The molecule has 2 heteroatoms. The Labute approximate surface area is 101 Å². The Hall–Kier alpha value is 0.310. The summed E-state index contributed by atoms with van der Waals surface area (Å²) >= 11 is 2.04. The minimum Gasteiger partial charge on any atom is -0.314 e. The van der Waals surface area contributed by atoms with Gasteiger partial charge in [-0.25, -0.2) is 0 Å². The Morgan fingerprint density at radius 1 is 1.07 bits per heavy atom. The second-order valence-electron chi connectivity index (χ2n) is 4.25. The SMILES string of the molecule is CCCCCCC(C)NCCCSCC. The second kappa shape index (κ2) is 12.4. The van der Waals surface area contributed by atoms with Crippen molar-refractivity contribution in [3.63, 3.8) is 0 Å². The van der Waals surface area contributed by atoms with Gasteiger partial charge in [0.2, 0.25) is 0 Å². The van der Waals surface area contributed by atoms with Crippen LogP contribution in [0, 0.1) is 0 Å². The fourth-order valence-electron chi connectivity index (χ4n) is 1.65. The Balaban J connectivity index is 3.08. The zero-order chi connectivity index (χ0) is 11.4. The molecule has 0 bridgehead atoms. The van der Waals surface area contributed by atoms with Crippen LogP contribution < -0.4 is 5.32 Å². The van der Waals surface area contributed by atoms with Crippen molar-refractivity contribution in [3.05, 3.63) is 0 Å². The summed E-state index contributed by atoms with van der Waals surface area (Å²) in [6.07, 6.45) is 8.22. The highest BCUT2D eigenvalue weighted by atomic mass is 32.2. The van der Waals surface area contributed by atoms with E-state index in [1.807, 2.05) is 11.8 Å². The monoisotopic (exact) mass is 231 g/mol. The maximum atomic E-state index is 3.61. The molecule has 15 heavy (non-hydrogen) atoms. The van der Waals surface area contributed by atoms with Gasteiger partial charge >= 0.3 is 0 Å². The van der Waals surface area contributed by atoms with Crippen molar-refractivity contribution in [1.82, 2.24) is 5.32 Å². The van der Waals surface area contributed by atoms with Gasteiger partial charge in [-0.2, -0.15) is 11.8 Å². The molecule has 0 saturated carbocycles. The first-order valence-electron chi connectivity index (χ1n) is 6.62. The van der Waals surface area contributed by atoms with Crippen LogP contribution in [0.25, 0.3) is 0 Å². The Morgan fingerprint density at radius 2 is 1.87 bits per heavy atom. The number of rotatable bonds is 11. The predicted octanol–water partition coefficient (Wildman–Crippen LogP) is 4.08. The molecule has 0 fully saturated rings. The topological polar surface area (TPSA) is 12.0 Å². The summed E-state index contributed by atoms with van der Waals surface area (Å²) in [4.78, 5) is 0. The van der Waals surface area contributed by atoms with Gasteiger partial charge in [-0.1, -0.05) is 39.5 Å². The molecule has 0 aromatic rings. The lowest BCUT2D eigenvalue weighted by Gasteiger charge is -2.13. The normalized spacial score (nSPS) is 13.0. The lowest BCUT2D eigenvalue weighted by Crippen LogP contribution is -2.27.